The van der Waals surface area contributed by atoms with Crippen molar-refractivity contribution in [1.82, 2.24) is 14.9 Å². The van der Waals surface area contributed by atoms with Crippen molar-refractivity contribution in [3.63, 3.8) is 0 Å². The Morgan fingerprint density at radius 1 is 1.22 bits per heavy atom. The molecule has 0 bridgehead atoms. The number of ether oxygens (including phenoxy) is 2. The molecule has 246 valence electrons. The molecule has 1 aliphatic rings. The lowest BCUT2D eigenvalue weighted by Crippen LogP contribution is -2.36. The van der Waals surface area contributed by atoms with Crippen molar-refractivity contribution in [3.05, 3.63) is 58.1 Å². The number of benzene rings is 1. The van der Waals surface area contributed by atoms with Gasteiger partial charge in [-0.25, -0.2) is 9.36 Å². The lowest BCUT2D eigenvalue weighted by Gasteiger charge is -2.20. The van der Waals surface area contributed by atoms with E-state index in [1.165, 1.54) is 22.9 Å². The van der Waals surface area contributed by atoms with Crippen LogP contribution in [0, 0.1) is 11.8 Å². The van der Waals surface area contributed by atoms with Crippen molar-refractivity contribution in [3.8, 4) is 11.8 Å². The fraction of sp³-hybridized carbons (Fsp3) is 0.462. The largest absolute Gasteiger partial charge is 0.471 e. The van der Waals surface area contributed by atoms with Crippen LogP contribution in [0.3, 0.4) is 0 Å². The molecule has 2 aromatic rings. The highest BCUT2D eigenvalue weighted by Gasteiger charge is 2.40. The van der Waals surface area contributed by atoms with E-state index in [9.17, 15) is 41.9 Å². The SMILES string of the molecule is CC(C)(C)SSCOC1C[C@H](n2cc(C#CCNC(=O)C(F)(F)F)c(NC(=O)c3ccccc3)nc2=O)O[C@@H]1COP(=O)(O)O. The van der Waals surface area contributed by atoms with E-state index < -0.39 is 63.1 Å². The average molecular weight is 695 g/mol. The molecule has 1 aliphatic heterocycles. The zero-order valence-electron chi connectivity index (χ0n) is 24.1. The van der Waals surface area contributed by atoms with Crippen LogP contribution in [0.5, 0.6) is 0 Å². The Hall–Kier alpha value is -2.88. The van der Waals surface area contributed by atoms with Crippen LogP contribution in [0.25, 0.3) is 0 Å². The van der Waals surface area contributed by atoms with Gasteiger partial charge in [-0.15, -0.1) is 0 Å². The molecule has 3 rings (SSSR count). The number of carbonyl (C=O) groups is 2. The zero-order valence-corrected chi connectivity index (χ0v) is 26.6. The normalized spacial score (nSPS) is 18.6. The molecule has 0 aliphatic carbocycles. The van der Waals surface area contributed by atoms with Crippen molar-refractivity contribution in [2.75, 3.05) is 24.4 Å². The number of halogens is 3. The van der Waals surface area contributed by atoms with Crippen LogP contribution in [-0.2, 0) is 23.4 Å². The molecule has 0 radical (unpaired) electrons. The lowest BCUT2D eigenvalue weighted by molar-refractivity contribution is -0.173. The van der Waals surface area contributed by atoms with E-state index in [2.05, 4.69) is 26.7 Å². The number of hydrogen-bond donors (Lipinski definition) is 4. The van der Waals surface area contributed by atoms with Gasteiger partial charge in [-0.05, 0) is 12.1 Å². The van der Waals surface area contributed by atoms with Crippen LogP contribution < -0.4 is 16.3 Å². The number of carbonyl (C=O) groups excluding carboxylic acids is 2. The van der Waals surface area contributed by atoms with Gasteiger partial charge in [0.05, 0.1) is 24.8 Å². The molecular formula is C26H30F3N4O9PS2. The van der Waals surface area contributed by atoms with Crippen LogP contribution in [0.2, 0.25) is 0 Å². The van der Waals surface area contributed by atoms with Gasteiger partial charge in [0.25, 0.3) is 5.91 Å². The number of amides is 2. The molecule has 1 aromatic heterocycles. The molecule has 13 nitrogen and oxygen atoms in total. The van der Waals surface area contributed by atoms with Crippen molar-refractivity contribution in [2.24, 2.45) is 0 Å². The number of nitrogens with one attached hydrogen (secondary N) is 2. The highest BCUT2D eigenvalue weighted by Crippen LogP contribution is 2.40. The van der Waals surface area contributed by atoms with Crippen LogP contribution >= 0.6 is 29.4 Å². The van der Waals surface area contributed by atoms with E-state index >= 15 is 0 Å². The van der Waals surface area contributed by atoms with Crippen LogP contribution in [0.1, 0.15) is 49.3 Å². The molecule has 2 heterocycles. The fourth-order valence-corrected chi connectivity index (χ4v) is 6.02. The molecule has 0 spiro atoms. The van der Waals surface area contributed by atoms with E-state index in [0.717, 1.165) is 10.8 Å². The molecule has 3 atom stereocenters. The summed E-state index contributed by atoms with van der Waals surface area (Å²) in [6, 6.07) is 7.89. The number of anilines is 1. The Morgan fingerprint density at radius 3 is 2.53 bits per heavy atom. The monoisotopic (exact) mass is 694 g/mol. The van der Waals surface area contributed by atoms with Crippen molar-refractivity contribution in [1.29, 1.82) is 0 Å². The summed E-state index contributed by atoms with van der Waals surface area (Å²) in [7, 11) is -1.92. The molecular weight excluding hydrogens is 664 g/mol. The number of aromatic nitrogens is 2. The topological polar surface area (TPSA) is 178 Å². The summed E-state index contributed by atoms with van der Waals surface area (Å²) in [6.45, 7) is 4.73. The number of alkyl halides is 3. The van der Waals surface area contributed by atoms with Crippen LogP contribution in [-0.4, -0.2) is 73.4 Å². The molecule has 1 aromatic carbocycles. The summed E-state index contributed by atoms with van der Waals surface area (Å²) < 4.78 is 66.2. The van der Waals surface area contributed by atoms with Gasteiger partial charge in [0.1, 0.15) is 18.3 Å². The van der Waals surface area contributed by atoms with E-state index in [-0.39, 0.29) is 34.1 Å². The number of rotatable bonds is 11. The first-order chi connectivity index (χ1) is 20.9. The maximum Gasteiger partial charge on any atom is 0.471 e. The first-order valence-electron chi connectivity index (χ1n) is 13.0. The Labute approximate surface area is 263 Å². The molecule has 1 unspecified atom stereocenters. The van der Waals surface area contributed by atoms with Crippen LogP contribution in [0.4, 0.5) is 19.0 Å². The summed E-state index contributed by atoms with van der Waals surface area (Å²) >= 11 is 0. The Bertz CT molecular complexity index is 1520. The van der Waals surface area contributed by atoms with Gasteiger partial charge in [0, 0.05) is 22.9 Å². The van der Waals surface area contributed by atoms with E-state index in [4.69, 9.17) is 9.47 Å². The van der Waals surface area contributed by atoms with Crippen molar-refractivity contribution >= 4 is 47.0 Å². The maximum atomic E-state index is 13.1. The quantitative estimate of drug-likeness (QED) is 0.0887. The number of hydrogen-bond acceptors (Lipinski definition) is 10. The number of nitrogens with zero attached hydrogens (tertiary/aromatic N) is 2. The summed E-state index contributed by atoms with van der Waals surface area (Å²) in [5.41, 5.74) is -0.796. The van der Waals surface area contributed by atoms with Crippen molar-refractivity contribution in [2.45, 2.75) is 56.6 Å². The van der Waals surface area contributed by atoms with Crippen LogP contribution in [0.15, 0.2) is 41.3 Å². The van der Waals surface area contributed by atoms with E-state index in [1.807, 2.05) is 20.8 Å². The second-order valence-corrected chi connectivity index (χ2v) is 14.6. The van der Waals surface area contributed by atoms with Crippen molar-refractivity contribution < 1.29 is 51.1 Å². The first kappa shape index (κ1) is 36.6. The third-order valence-corrected chi connectivity index (χ3v) is 9.05. The lowest BCUT2D eigenvalue weighted by atomic mass is 10.2. The standard InChI is InChI=1S/C26H30F3N4O9PS2/c1-25(2,3)45-44-15-40-18-12-20(42-19(18)14-41-43(37,38)39)33-13-17(10-7-11-30-23(35)26(27,28)29)21(32-24(33)36)31-22(34)16-8-5-4-6-9-16/h4-6,8-9,13,18-20H,11-12,14-15H2,1-3H3,(H,30,35)(H2,37,38,39)(H,31,32,34,36)/t18?,19-,20-/m1/s1. The van der Waals surface area contributed by atoms with Gasteiger partial charge >= 0.3 is 25.6 Å². The Kier molecular flexibility index (Phi) is 12.7. The minimum absolute atomic E-state index is 0.0156. The number of phosphoric acid groups is 1. The molecule has 1 saturated heterocycles. The fourth-order valence-electron chi connectivity index (χ4n) is 3.68. The third-order valence-electron chi connectivity index (χ3n) is 5.57. The second kappa shape index (κ2) is 15.6. The Balaban J connectivity index is 1.89. The minimum Gasteiger partial charge on any atom is -0.364 e. The molecule has 45 heavy (non-hydrogen) atoms. The van der Waals surface area contributed by atoms with Gasteiger partial charge in [-0.3, -0.25) is 18.7 Å². The smallest absolute Gasteiger partial charge is 0.364 e. The number of phosphoric ester groups is 1. The highest BCUT2D eigenvalue weighted by atomic mass is 33.1. The molecule has 1 fully saturated rings. The molecule has 4 N–H and O–H groups in total. The minimum atomic E-state index is -5.12. The predicted octanol–water partition coefficient (Wildman–Crippen LogP) is 3.45. The van der Waals surface area contributed by atoms with Gasteiger partial charge in [-0.2, -0.15) is 18.2 Å². The highest BCUT2D eigenvalue weighted by molar-refractivity contribution is 8.77. The van der Waals surface area contributed by atoms with Gasteiger partial charge in [0.2, 0.25) is 0 Å². The third kappa shape index (κ3) is 12.1. The average Bonchev–Trinajstić information content (AvgIpc) is 3.34. The van der Waals surface area contributed by atoms with E-state index in [0.29, 0.717) is 0 Å². The van der Waals surface area contributed by atoms with Gasteiger partial charge in [0.15, 0.2) is 5.82 Å². The Morgan fingerprint density at radius 2 is 1.91 bits per heavy atom. The second-order valence-electron chi connectivity index (χ2n) is 10.3. The molecule has 19 heteroatoms. The zero-order chi connectivity index (χ0) is 33.4. The van der Waals surface area contributed by atoms with Gasteiger partial charge < -0.3 is 29.9 Å². The molecule has 2 amide bonds. The molecule has 0 saturated carbocycles. The first-order valence-corrected chi connectivity index (χ1v) is 16.9. The summed E-state index contributed by atoms with van der Waals surface area (Å²) in [5.74, 6) is 1.85. The van der Waals surface area contributed by atoms with E-state index in [1.54, 1.807) is 34.3 Å². The summed E-state index contributed by atoms with van der Waals surface area (Å²) in [4.78, 5) is 59.3. The summed E-state index contributed by atoms with van der Waals surface area (Å²) in [6.07, 6.45) is -6.82. The predicted molar refractivity (Wildman–Crippen MR) is 160 cm³/mol. The summed E-state index contributed by atoms with van der Waals surface area (Å²) in [5, 5.41) is 4.04. The van der Waals surface area contributed by atoms with Gasteiger partial charge in [-0.1, -0.05) is 72.4 Å². The maximum absolute atomic E-state index is 13.1.